The van der Waals surface area contributed by atoms with Crippen LogP contribution in [0.2, 0.25) is 0 Å². The predicted octanol–water partition coefficient (Wildman–Crippen LogP) is 5.07. The first-order chi connectivity index (χ1) is 11.5. The molecule has 1 atom stereocenters. The maximum absolute atomic E-state index is 12.2. The van der Waals surface area contributed by atoms with E-state index in [1.54, 1.807) is 11.8 Å². The minimum Gasteiger partial charge on any atom is -0.341 e. The minimum atomic E-state index is -0.00613. The van der Waals surface area contributed by atoms with Gasteiger partial charge in [0, 0.05) is 10.2 Å². The maximum atomic E-state index is 12.2. The number of thioether (sulfide) groups is 1. The smallest absolute Gasteiger partial charge is 0.234 e. The van der Waals surface area contributed by atoms with Gasteiger partial charge in [-0.25, -0.2) is 4.98 Å². The highest BCUT2D eigenvalue weighted by Crippen LogP contribution is 2.28. The molecule has 0 saturated carbocycles. The van der Waals surface area contributed by atoms with E-state index in [1.165, 1.54) is 0 Å². The number of amides is 1. The highest BCUT2D eigenvalue weighted by molar-refractivity contribution is 9.10. The molecule has 24 heavy (non-hydrogen) atoms. The summed E-state index contributed by atoms with van der Waals surface area (Å²) in [5, 5.41) is 3.08. The lowest BCUT2D eigenvalue weighted by Crippen LogP contribution is -2.15. The fourth-order valence-electron chi connectivity index (χ4n) is 2.40. The van der Waals surface area contributed by atoms with Gasteiger partial charge in [-0.15, -0.1) is 11.8 Å². The molecule has 1 unspecified atom stereocenters. The lowest BCUT2D eigenvalue weighted by Gasteiger charge is -2.11. The Morgan fingerprint density at radius 2 is 2.12 bits per heavy atom. The molecular weight excluding hydrogens is 386 g/mol. The van der Waals surface area contributed by atoms with Crippen LogP contribution in [0.3, 0.4) is 0 Å². The first-order valence-corrected chi connectivity index (χ1v) is 9.49. The third-order valence-corrected chi connectivity index (χ3v) is 5.37. The lowest BCUT2D eigenvalue weighted by molar-refractivity contribution is -0.113. The first-order valence-electron chi connectivity index (χ1n) is 7.65. The van der Waals surface area contributed by atoms with Gasteiger partial charge in [0.15, 0.2) is 0 Å². The molecule has 1 amide bonds. The zero-order valence-electron chi connectivity index (χ0n) is 13.5. The van der Waals surface area contributed by atoms with Crippen molar-refractivity contribution in [3.8, 4) is 0 Å². The van der Waals surface area contributed by atoms with Crippen LogP contribution in [0.4, 0.5) is 5.69 Å². The van der Waals surface area contributed by atoms with Crippen LogP contribution in [-0.4, -0.2) is 21.6 Å². The molecule has 3 aromatic rings. The van der Waals surface area contributed by atoms with Gasteiger partial charge < -0.3 is 10.3 Å². The quantitative estimate of drug-likeness (QED) is 0.625. The number of H-pyrrole nitrogens is 1. The Morgan fingerprint density at radius 1 is 1.33 bits per heavy atom. The Hall–Kier alpha value is -1.79. The van der Waals surface area contributed by atoms with E-state index in [1.807, 2.05) is 49.4 Å². The van der Waals surface area contributed by atoms with E-state index in [-0.39, 0.29) is 11.2 Å². The standard InChI is InChI=1S/C18H18BrN3OS/c1-11-9-13(19)7-8-14(11)20-17(23)10-24-12(2)18-21-15-5-3-4-6-16(15)22-18/h3-9,12H,10H2,1-2H3,(H,20,23)(H,21,22). The van der Waals surface area contributed by atoms with Crippen molar-refractivity contribution in [3.63, 3.8) is 0 Å². The van der Waals surface area contributed by atoms with Crippen molar-refractivity contribution < 1.29 is 4.79 Å². The number of hydrogen-bond acceptors (Lipinski definition) is 3. The monoisotopic (exact) mass is 403 g/mol. The van der Waals surface area contributed by atoms with E-state index in [0.29, 0.717) is 5.75 Å². The fourth-order valence-corrected chi connectivity index (χ4v) is 3.62. The largest absolute Gasteiger partial charge is 0.341 e. The third kappa shape index (κ3) is 3.99. The summed E-state index contributed by atoms with van der Waals surface area (Å²) in [7, 11) is 0. The summed E-state index contributed by atoms with van der Waals surface area (Å²) >= 11 is 4.99. The summed E-state index contributed by atoms with van der Waals surface area (Å²) in [5.74, 6) is 1.27. The van der Waals surface area contributed by atoms with Gasteiger partial charge in [0.2, 0.25) is 5.91 Å². The van der Waals surface area contributed by atoms with Gasteiger partial charge in [0.25, 0.3) is 0 Å². The number of para-hydroxylation sites is 2. The average Bonchev–Trinajstić information content (AvgIpc) is 2.99. The number of nitrogens with zero attached hydrogens (tertiary/aromatic N) is 1. The highest BCUT2D eigenvalue weighted by Gasteiger charge is 2.14. The molecular formula is C18H18BrN3OS. The molecule has 0 radical (unpaired) electrons. The van der Waals surface area contributed by atoms with Gasteiger partial charge in [-0.3, -0.25) is 4.79 Å². The normalized spacial score (nSPS) is 12.3. The molecule has 6 heteroatoms. The number of benzene rings is 2. The van der Waals surface area contributed by atoms with Crippen LogP contribution in [-0.2, 0) is 4.79 Å². The van der Waals surface area contributed by atoms with Crippen LogP contribution in [0.15, 0.2) is 46.9 Å². The van der Waals surface area contributed by atoms with Crippen molar-refractivity contribution >= 4 is 50.3 Å². The number of nitrogens with one attached hydrogen (secondary N) is 2. The number of fused-ring (bicyclic) bond motifs is 1. The number of anilines is 1. The molecule has 0 fully saturated rings. The SMILES string of the molecule is Cc1cc(Br)ccc1NC(=O)CSC(C)c1nc2ccccc2[nH]1. The molecule has 124 valence electrons. The average molecular weight is 404 g/mol. The Labute approximate surface area is 153 Å². The third-order valence-electron chi connectivity index (χ3n) is 3.72. The molecule has 2 aromatic carbocycles. The van der Waals surface area contributed by atoms with Crippen LogP contribution in [0.1, 0.15) is 23.6 Å². The van der Waals surface area contributed by atoms with E-state index in [4.69, 9.17) is 0 Å². The summed E-state index contributed by atoms with van der Waals surface area (Å²) in [6.45, 7) is 4.03. The topological polar surface area (TPSA) is 57.8 Å². The molecule has 0 aliphatic carbocycles. The van der Waals surface area contributed by atoms with Crippen molar-refractivity contribution in [3.05, 3.63) is 58.3 Å². The predicted molar refractivity (Wildman–Crippen MR) is 104 cm³/mol. The number of aromatic amines is 1. The van der Waals surface area contributed by atoms with Crippen molar-refractivity contribution in [2.45, 2.75) is 19.1 Å². The summed E-state index contributed by atoms with van der Waals surface area (Å²) in [6.07, 6.45) is 0. The molecule has 1 aromatic heterocycles. The molecule has 0 bridgehead atoms. The lowest BCUT2D eigenvalue weighted by atomic mass is 10.2. The summed E-state index contributed by atoms with van der Waals surface area (Å²) in [4.78, 5) is 20.1. The van der Waals surface area contributed by atoms with Crippen LogP contribution in [0.25, 0.3) is 11.0 Å². The van der Waals surface area contributed by atoms with E-state index < -0.39 is 0 Å². The van der Waals surface area contributed by atoms with E-state index >= 15 is 0 Å². The van der Waals surface area contributed by atoms with Crippen LogP contribution in [0, 0.1) is 6.92 Å². The van der Waals surface area contributed by atoms with Crippen LogP contribution >= 0.6 is 27.7 Å². The number of imidazole rings is 1. The number of aryl methyl sites for hydroxylation is 1. The molecule has 4 nitrogen and oxygen atoms in total. The summed E-state index contributed by atoms with van der Waals surface area (Å²) in [6, 6.07) is 13.8. The Morgan fingerprint density at radius 3 is 2.88 bits per heavy atom. The number of hydrogen-bond donors (Lipinski definition) is 2. The molecule has 2 N–H and O–H groups in total. The van der Waals surface area contributed by atoms with Crippen molar-refractivity contribution in [1.82, 2.24) is 9.97 Å². The van der Waals surface area contributed by atoms with Crippen LogP contribution < -0.4 is 5.32 Å². The van der Waals surface area contributed by atoms with Crippen molar-refractivity contribution in [1.29, 1.82) is 0 Å². The fraction of sp³-hybridized carbons (Fsp3) is 0.222. The number of aromatic nitrogens is 2. The second-order valence-electron chi connectivity index (χ2n) is 5.60. The molecule has 0 aliphatic rings. The number of rotatable bonds is 5. The molecule has 0 spiro atoms. The van der Waals surface area contributed by atoms with E-state index in [0.717, 1.165) is 32.6 Å². The van der Waals surface area contributed by atoms with Crippen LogP contribution in [0.5, 0.6) is 0 Å². The first kappa shape index (κ1) is 17.0. The minimum absolute atomic E-state index is 0.00613. The summed E-state index contributed by atoms with van der Waals surface area (Å²) in [5.41, 5.74) is 3.86. The summed E-state index contributed by atoms with van der Waals surface area (Å²) < 4.78 is 1.01. The van der Waals surface area contributed by atoms with E-state index in [2.05, 4.69) is 38.1 Å². The Balaban J connectivity index is 1.59. The highest BCUT2D eigenvalue weighted by atomic mass is 79.9. The zero-order valence-corrected chi connectivity index (χ0v) is 15.9. The molecule has 3 rings (SSSR count). The number of carbonyl (C=O) groups excluding carboxylic acids is 1. The van der Waals surface area contributed by atoms with Gasteiger partial charge in [0.05, 0.1) is 22.0 Å². The van der Waals surface area contributed by atoms with Gasteiger partial charge >= 0.3 is 0 Å². The molecule has 0 saturated heterocycles. The second kappa shape index (κ2) is 7.40. The second-order valence-corrected chi connectivity index (χ2v) is 7.84. The molecule has 0 aliphatic heterocycles. The number of halogens is 1. The number of carbonyl (C=O) groups is 1. The van der Waals surface area contributed by atoms with Gasteiger partial charge in [-0.05, 0) is 49.7 Å². The maximum Gasteiger partial charge on any atom is 0.234 e. The van der Waals surface area contributed by atoms with Gasteiger partial charge in [-0.1, -0.05) is 28.1 Å². The van der Waals surface area contributed by atoms with Gasteiger partial charge in [0.1, 0.15) is 5.82 Å². The van der Waals surface area contributed by atoms with Gasteiger partial charge in [-0.2, -0.15) is 0 Å². The zero-order chi connectivity index (χ0) is 17.1. The van der Waals surface area contributed by atoms with Crippen molar-refractivity contribution in [2.24, 2.45) is 0 Å². The Kier molecular flexibility index (Phi) is 5.26. The van der Waals surface area contributed by atoms with Crippen molar-refractivity contribution in [2.75, 3.05) is 11.1 Å². The Bertz CT molecular complexity index is 845. The molecule has 1 heterocycles. The van der Waals surface area contributed by atoms with E-state index in [9.17, 15) is 4.79 Å².